The predicted octanol–water partition coefficient (Wildman–Crippen LogP) is 1.81. The van der Waals surface area contributed by atoms with Gasteiger partial charge in [-0.05, 0) is 31.2 Å². The number of pyridine rings is 1. The average Bonchev–Trinajstić information content (AvgIpc) is 2.72. The number of benzene rings is 1. The fraction of sp³-hybridized carbons (Fsp3) is 0.211. The van der Waals surface area contributed by atoms with E-state index in [2.05, 4.69) is 9.97 Å². The smallest absolute Gasteiger partial charge is 0.407 e. The Balaban J connectivity index is 2.00. The summed E-state index contributed by atoms with van der Waals surface area (Å²) in [5.74, 6) is -1.05. The van der Waals surface area contributed by atoms with E-state index in [4.69, 9.17) is 14.2 Å². The molecule has 0 fully saturated rings. The molecule has 3 rings (SSSR count). The first-order valence-corrected chi connectivity index (χ1v) is 8.39. The first-order valence-electron chi connectivity index (χ1n) is 8.39. The van der Waals surface area contributed by atoms with Crippen molar-refractivity contribution in [1.82, 2.24) is 9.97 Å². The predicted molar refractivity (Wildman–Crippen MR) is 96.6 cm³/mol. The Morgan fingerprint density at radius 3 is 2.54 bits per heavy atom. The quantitative estimate of drug-likeness (QED) is 0.360. The number of nitrogens with zero attached hydrogens (tertiary/aromatic N) is 3. The Bertz CT molecular complexity index is 1020. The lowest BCUT2D eigenvalue weighted by molar-refractivity contribution is -0.581. The Morgan fingerprint density at radius 1 is 1.11 bits per heavy atom. The minimum atomic E-state index is -0.857. The Kier molecular flexibility index (Phi) is 5.64. The van der Waals surface area contributed by atoms with Gasteiger partial charge in [0.2, 0.25) is 5.52 Å². The van der Waals surface area contributed by atoms with Gasteiger partial charge in [-0.25, -0.2) is 14.6 Å². The molecule has 0 radical (unpaired) electrons. The Labute approximate surface area is 160 Å². The van der Waals surface area contributed by atoms with Crippen LogP contribution in [0.3, 0.4) is 0 Å². The van der Waals surface area contributed by atoms with E-state index in [0.29, 0.717) is 16.0 Å². The van der Waals surface area contributed by atoms with Crippen molar-refractivity contribution in [2.75, 3.05) is 13.7 Å². The molecule has 144 valence electrons. The summed E-state index contributed by atoms with van der Waals surface area (Å²) in [6.07, 6.45) is 2.90. The highest BCUT2D eigenvalue weighted by Gasteiger charge is 2.28. The van der Waals surface area contributed by atoms with Crippen LogP contribution in [0.25, 0.3) is 11.0 Å². The minimum absolute atomic E-state index is 0.00600. The second-order valence-corrected chi connectivity index (χ2v) is 5.59. The van der Waals surface area contributed by atoms with E-state index in [-0.39, 0.29) is 35.7 Å². The van der Waals surface area contributed by atoms with Crippen LogP contribution in [0.2, 0.25) is 0 Å². The first kappa shape index (κ1) is 19.0. The standard InChI is InChI=1S/C19H17N3O6/c1-3-27-19(24)17-15(11-28-18(23)12-6-8-20-9-7-12)21-14-5-4-13(26-2)10-16(14)22(17)25/h4-10H,3,11H2,1-2H3. The van der Waals surface area contributed by atoms with E-state index in [9.17, 15) is 14.8 Å². The second-order valence-electron chi connectivity index (χ2n) is 5.59. The monoisotopic (exact) mass is 383 g/mol. The second kappa shape index (κ2) is 8.30. The molecule has 0 saturated heterocycles. The zero-order chi connectivity index (χ0) is 20.1. The first-order chi connectivity index (χ1) is 13.5. The topological polar surface area (TPSA) is 115 Å². The highest BCUT2D eigenvalue weighted by Crippen LogP contribution is 2.19. The van der Waals surface area contributed by atoms with Crippen LogP contribution in [0.5, 0.6) is 5.75 Å². The van der Waals surface area contributed by atoms with Crippen LogP contribution < -0.4 is 9.47 Å². The van der Waals surface area contributed by atoms with Crippen molar-refractivity contribution in [2.45, 2.75) is 13.5 Å². The highest BCUT2D eigenvalue weighted by molar-refractivity contribution is 5.90. The summed E-state index contributed by atoms with van der Waals surface area (Å²) in [6.45, 7) is 1.32. The molecule has 1 aromatic carbocycles. The molecule has 0 N–H and O–H groups in total. The maximum atomic E-state index is 12.8. The third-order valence-corrected chi connectivity index (χ3v) is 3.86. The van der Waals surface area contributed by atoms with E-state index in [0.717, 1.165) is 0 Å². The average molecular weight is 383 g/mol. The molecule has 0 saturated carbocycles. The van der Waals surface area contributed by atoms with Crippen LogP contribution in [0.1, 0.15) is 33.5 Å². The molecule has 0 spiro atoms. The minimum Gasteiger partial charge on any atom is -0.618 e. The van der Waals surface area contributed by atoms with Crippen LogP contribution >= 0.6 is 0 Å². The van der Waals surface area contributed by atoms with Gasteiger partial charge in [-0.1, -0.05) is 0 Å². The van der Waals surface area contributed by atoms with E-state index in [1.807, 2.05) is 0 Å². The molecule has 2 aromatic heterocycles. The molecule has 3 aromatic rings. The number of rotatable bonds is 6. The number of ether oxygens (including phenoxy) is 3. The molecular formula is C19H17N3O6. The van der Waals surface area contributed by atoms with Crippen molar-refractivity contribution in [3.05, 3.63) is 64.9 Å². The molecule has 0 aliphatic carbocycles. The van der Waals surface area contributed by atoms with Gasteiger partial charge in [0.25, 0.3) is 0 Å². The van der Waals surface area contributed by atoms with Crippen molar-refractivity contribution < 1.29 is 28.5 Å². The van der Waals surface area contributed by atoms with E-state index in [1.54, 1.807) is 19.1 Å². The van der Waals surface area contributed by atoms with Crippen LogP contribution in [-0.2, 0) is 16.1 Å². The fourth-order valence-corrected chi connectivity index (χ4v) is 2.53. The van der Waals surface area contributed by atoms with E-state index < -0.39 is 11.9 Å². The maximum absolute atomic E-state index is 12.8. The summed E-state index contributed by atoms with van der Waals surface area (Å²) in [6, 6.07) is 7.65. The van der Waals surface area contributed by atoms with Gasteiger partial charge >= 0.3 is 17.6 Å². The third-order valence-electron chi connectivity index (χ3n) is 3.86. The van der Waals surface area contributed by atoms with E-state index >= 15 is 0 Å². The van der Waals surface area contributed by atoms with Crippen LogP contribution in [0.4, 0.5) is 0 Å². The molecule has 0 amide bonds. The summed E-state index contributed by atoms with van der Waals surface area (Å²) < 4.78 is 15.7. The van der Waals surface area contributed by atoms with E-state index in [1.165, 1.54) is 37.7 Å². The van der Waals surface area contributed by atoms with Gasteiger partial charge in [-0.2, -0.15) is 4.73 Å². The lowest BCUT2D eigenvalue weighted by Gasteiger charge is -2.12. The third kappa shape index (κ3) is 3.83. The number of esters is 2. The van der Waals surface area contributed by atoms with Crippen LogP contribution in [0.15, 0.2) is 42.7 Å². The number of methoxy groups -OCH3 is 1. The number of fused-ring (bicyclic) bond motifs is 1. The number of carbonyl (C=O) groups excluding carboxylic acids is 2. The van der Waals surface area contributed by atoms with Gasteiger partial charge in [-0.15, -0.1) is 0 Å². The highest BCUT2D eigenvalue weighted by atomic mass is 16.5. The molecule has 0 atom stereocenters. The summed E-state index contributed by atoms with van der Waals surface area (Å²) >= 11 is 0. The summed E-state index contributed by atoms with van der Waals surface area (Å²) in [5.41, 5.74) is 0.386. The lowest BCUT2D eigenvalue weighted by atomic mass is 10.2. The van der Waals surface area contributed by atoms with Gasteiger partial charge in [-0.3, -0.25) is 4.98 Å². The SMILES string of the molecule is CCOC(=O)c1c(COC(=O)c2ccncc2)nc2ccc(OC)cc2[n+]1[O-]. The normalized spacial score (nSPS) is 10.5. The molecule has 9 heteroatoms. The zero-order valence-electron chi connectivity index (χ0n) is 15.2. The zero-order valence-corrected chi connectivity index (χ0v) is 15.2. The number of carbonyl (C=O) groups is 2. The summed E-state index contributed by atoms with van der Waals surface area (Å²) in [4.78, 5) is 32.6. The van der Waals surface area contributed by atoms with Crippen molar-refractivity contribution in [1.29, 1.82) is 0 Å². The van der Waals surface area contributed by atoms with Crippen LogP contribution in [0, 0.1) is 5.21 Å². The van der Waals surface area contributed by atoms with Crippen molar-refractivity contribution >= 4 is 23.0 Å². The molecule has 9 nitrogen and oxygen atoms in total. The van der Waals surface area contributed by atoms with Gasteiger partial charge < -0.3 is 19.4 Å². The van der Waals surface area contributed by atoms with Crippen molar-refractivity contribution in [3.63, 3.8) is 0 Å². The molecule has 0 bridgehead atoms. The maximum Gasteiger partial charge on any atom is 0.407 e. The molecule has 2 heterocycles. The molecule has 0 aliphatic heterocycles. The fourth-order valence-electron chi connectivity index (χ4n) is 2.53. The number of hydrogen-bond donors (Lipinski definition) is 0. The number of hydrogen-bond acceptors (Lipinski definition) is 8. The van der Waals surface area contributed by atoms with Crippen molar-refractivity contribution in [3.8, 4) is 5.75 Å². The molecule has 0 unspecified atom stereocenters. The number of aromatic nitrogens is 3. The van der Waals surface area contributed by atoms with Gasteiger partial charge in [0.05, 0.1) is 25.3 Å². The molecular weight excluding hydrogens is 366 g/mol. The molecule has 0 aliphatic rings. The Hall–Kier alpha value is -3.75. The van der Waals surface area contributed by atoms with Crippen molar-refractivity contribution in [2.24, 2.45) is 0 Å². The van der Waals surface area contributed by atoms with Gasteiger partial charge in [0.1, 0.15) is 17.9 Å². The van der Waals surface area contributed by atoms with Crippen LogP contribution in [-0.4, -0.2) is 35.6 Å². The largest absolute Gasteiger partial charge is 0.618 e. The Morgan fingerprint density at radius 2 is 1.86 bits per heavy atom. The van der Waals surface area contributed by atoms with Gasteiger partial charge in [0, 0.05) is 12.4 Å². The summed E-state index contributed by atoms with van der Waals surface area (Å²) in [7, 11) is 1.46. The lowest BCUT2D eigenvalue weighted by Crippen LogP contribution is -2.39. The summed E-state index contributed by atoms with van der Waals surface area (Å²) in [5, 5.41) is 12.8. The van der Waals surface area contributed by atoms with Gasteiger partial charge in [0.15, 0.2) is 5.69 Å². The molecule has 28 heavy (non-hydrogen) atoms.